The van der Waals surface area contributed by atoms with Crippen LogP contribution in [0.25, 0.3) is 0 Å². The summed E-state index contributed by atoms with van der Waals surface area (Å²) in [5.41, 5.74) is 0. The lowest BCUT2D eigenvalue weighted by Crippen LogP contribution is -2.23. The van der Waals surface area contributed by atoms with Crippen LogP contribution in [0.15, 0.2) is 21.7 Å². The number of hydrogen-bond acceptors (Lipinski definition) is 4. The van der Waals surface area contributed by atoms with Gasteiger partial charge in [-0.15, -0.1) is 0 Å². The van der Waals surface area contributed by atoms with Crippen LogP contribution in [0.3, 0.4) is 0 Å². The topological polar surface area (TPSA) is 61.4 Å². The van der Waals surface area contributed by atoms with E-state index in [4.69, 9.17) is 0 Å². The fraction of sp³-hybridized carbons (Fsp3) is 0.333. The predicted octanol–water partition coefficient (Wildman–Crippen LogP) is 0.446. The molecule has 0 aliphatic carbocycles. The zero-order valence-electron chi connectivity index (χ0n) is 5.94. The lowest BCUT2D eigenvalue weighted by Gasteiger charge is -1.97. The number of carbonyl (C=O) groups is 1. The average Bonchev–Trinajstić information content (AvgIpc) is 2.36. The molecule has 0 bridgehead atoms. The van der Waals surface area contributed by atoms with Crippen LogP contribution in [0.5, 0.6) is 0 Å². The normalized spacial score (nSPS) is 9.55. The summed E-state index contributed by atoms with van der Waals surface area (Å²) >= 11 is 0. The zero-order chi connectivity index (χ0) is 8.27. The lowest BCUT2D eigenvalue weighted by atomic mass is 10.8. The smallest absolute Gasteiger partial charge is 0.428 e. The van der Waals surface area contributed by atoms with Crippen LogP contribution in [0.2, 0.25) is 0 Å². The van der Waals surface area contributed by atoms with Gasteiger partial charge < -0.3 is 9.15 Å². The van der Waals surface area contributed by atoms with Crippen molar-refractivity contribution in [2.24, 2.45) is 0 Å². The van der Waals surface area contributed by atoms with Crippen molar-refractivity contribution in [3.8, 4) is 0 Å². The second kappa shape index (κ2) is 3.05. The van der Waals surface area contributed by atoms with Crippen molar-refractivity contribution in [3.05, 3.63) is 23.0 Å². The Labute approximate surface area is 62.2 Å². The molecule has 0 atom stereocenters. The first-order valence-electron chi connectivity index (χ1n) is 3.09. The summed E-state index contributed by atoms with van der Waals surface area (Å²) in [7, 11) is 0. The van der Waals surface area contributed by atoms with Gasteiger partial charge in [-0.25, -0.2) is 9.59 Å². The van der Waals surface area contributed by atoms with E-state index in [-0.39, 0.29) is 6.61 Å². The molecule has 0 radical (unpaired) electrons. The third kappa shape index (κ3) is 1.49. The zero-order valence-corrected chi connectivity index (χ0v) is 5.94. The number of hydrogen-bond donors (Lipinski definition) is 0. The minimum atomic E-state index is -0.733. The Kier molecular flexibility index (Phi) is 2.10. The van der Waals surface area contributed by atoms with Gasteiger partial charge in [0.1, 0.15) is 6.26 Å². The van der Waals surface area contributed by atoms with E-state index in [1.807, 2.05) is 0 Å². The molecule has 0 aliphatic rings. The highest BCUT2D eigenvalue weighted by Gasteiger charge is 2.07. The summed E-state index contributed by atoms with van der Waals surface area (Å²) < 4.78 is 9.62. The minimum absolute atomic E-state index is 0.233. The summed E-state index contributed by atoms with van der Waals surface area (Å²) in [6.45, 7) is 1.89. The first-order valence-corrected chi connectivity index (χ1v) is 3.09. The number of ether oxygens (including phenoxy) is 1. The first kappa shape index (κ1) is 7.59. The molecular weight excluding hydrogens is 150 g/mol. The fourth-order valence-corrected chi connectivity index (χ4v) is 0.596. The van der Waals surface area contributed by atoms with Crippen LogP contribution in [0, 0.1) is 0 Å². The Bertz CT molecular complexity index is 298. The molecule has 1 rings (SSSR count). The summed E-state index contributed by atoms with van der Waals surface area (Å²) in [4.78, 5) is 21.4. The van der Waals surface area contributed by atoms with Crippen molar-refractivity contribution in [1.82, 2.24) is 4.57 Å². The van der Waals surface area contributed by atoms with Crippen molar-refractivity contribution >= 4 is 6.09 Å². The average molecular weight is 157 g/mol. The quantitative estimate of drug-likeness (QED) is 0.593. The van der Waals surface area contributed by atoms with Gasteiger partial charge in [0, 0.05) is 0 Å². The largest absolute Gasteiger partial charge is 0.449 e. The number of carbonyl (C=O) groups excluding carboxylic acids is 1. The number of oxazole rings is 1. The molecule has 5 heteroatoms. The molecule has 5 nitrogen and oxygen atoms in total. The van der Waals surface area contributed by atoms with Crippen LogP contribution in [-0.2, 0) is 4.74 Å². The van der Waals surface area contributed by atoms with E-state index in [9.17, 15) is 9.59 Å². The molecule has 0 amide bonds. The van der Waals surface area contributed by atoms with Gasteiger partial charge in [0.05, 0.1) is 12.8 Å². The van der Waals surface area contributed by atoms with E-state index >= 15 is 0 Å². The van der Waals surface area contributed by atoms with Crippen LogP contribution in [-0.4, -0.2) is 17.3 Å². The summed E-state index contributed by atoms with van der Waals surface area (Å²) in [5.74, 6) is -0.733. The molecular formula is C6H7NO4. The molecule has 0 unspecified atom stereocenters. The maximum absolute atomic E-state index is 10.8. The monoisotopic (exact) mass is 157 g/mol. The molecule has 0 saturated heterocycles. The Balaban J connectivity index is 2.85. The summed E-state index contributed by atoms with van der Waals surface area (Å²) in [5, 5.41) is 0. The highest BCUT2D eigenvalue weighted by atomic mass is 16.6. The van der Waals surface area contributed by atoms with Gasteiger partial charge >= 0.3 is 11.8 Å². The van der Waals surface area contributed by atoms with Crippen molar-refractivity contribution in [1.29, 1.82) is 0 Å². The molecule has 60 valence electrons. The molecule has 1 aromatic heterocycles. The third-order valence-electron chi connectivity index (χ3n) is 1.04. The van der Waals surface area contributed by atoms with Crippen LogP contribution in [0.1, 0.15) is 6.92 Å². The second-order valence-corrected chi connectivity index (χ2v) is 1.74. The van der Waals surface area contributed by atoms with Crippen molar-refractivity contribution < 1.29 is 13.9 Å². The maximum Gasteiger partial charge on any atom is 0.428 e. The minimum Gasteiger partial charge on any atom is -0.449 e. The molecule has 11 heavy (non-hydrogen) atoms. The van der Waals surface area contributed by atoms with Gasteiger partial charge in [-0.05, 0) is 6.92 Å². The SMILES string of the molecule is CCOC(=O)n1ccoc1=O. The van der Waals surface area contributed by atoms with Crippen LogP contribution < -0.4 is 5.76 Å². The van der Waals surface area contributed by atoms with Gasteiger partial charge in [-0.3, -0.25) is 0 Å². The Morgan fingerprint density at radius 1 is 1.82 bits per heavy atom. The number of aromatic nitrogens is 1. The molecule has 0 N–H and O–H groups in total. The van der Waals surface area contributed by atoms with Crippen molar-refractivity contribution in [3.63, 3.8) is 0 Å². The fourth-order valence-electron chi connectivity index (χ4n) is 0.596. The molecule has 0 saturated carbocycles. The lowest BCUT2D eigenvalue weighted by molar-refractivity contribution is 0.152. The van der Waals surface area contributed by atoms with E-state index in [0.717, 1.165) is 10.8 Å². The van der Waals surface area contributed by atoms with Crippen LogP contribution >= 0.6 is 0 Å². The third-order valence-corrected chi connectivity index (χ3v) is 1.04. The van der Waals surface area contributed by atoms with E-state index in [1.54, 1.807) is 6.92 Å². The molecule has 0 aromatic carbocycles. The second-order valence-electron chi connectivity index (χ2n) is 1.74. The maximum atomic E-state index is 10.8. The molecule has 0 aliphatic heterocycles. The van der Waals surface area contributed by atoms with Gasteiger partial charge in [-0.2, -0.15) is 4.57 Å². The van der Waals surface area contributed by atoms with Crippen molar-refractivity contribution in [2.75, 3.05) is 6.61 Å². The molecule has 1 aromatic rings. The first-order chi connectivity index (χ1) is 5.25. The van der Waals surface area contributed by atoms with Gasteiger partial charge in [0.2, 0.25) is 0 Å². The van der Waals surface area contributed by atoms with E-state index in [1.165, 1.54) is 6.20 Å². The predicted molar refractivity (Wildman–Crippen MR) is 35.4 cm³/mol. The molecule has 0 spiro atoms. The standard InChI is InChI=1S/C6H7NO4/c1-2-10-5(8)7-3-4-11-6(7)9/h3-4H,2H2,1H3. The van der Waals surface area contributed by atoms with Crippen molar-refractivity contribution in [2.45, 2.75) is 6.92 Å². The van der Waals surface area contributed by atoms with E-state index in [2.05, 4.69) is 9.15 Å². The highest BCUT2D eigenvalue weighted by molar-refractivity contribution is 5.69. The molecule has 1 heterocycles. The Hall–Kier alpha value is -1.52. The van der Waals surface area contributed by atoms with E-state index in [0.29, 0.717) is 0 Å². The highest BCUT2D eigenvalue weighted by Crippen LogP contribution is 1.85. The van der Waals surface area contributed by atoms with E-state index < -0.39 is 11.8 Å². The summed E-state index contributed by atoms with van der Waals surface area (Å²) in [6.07, 6.45) is 1.62. The van der Waals surface area contributed by atoms with Crippen LogP contribution in [0.4, 0.5) is 4.79 Å². The Morgan fingerprint density at radius 3 is 3.00 bits per heavy atom. The summed E-state index contributed by atoms with van der Waals surface area (Å²) in [6, 6.07) is 0. The molecule has 0 fully saturated rings. The number of rotatable bonds is 1. The van der Waals surface area contributed by atoms with Gasteiger partial charge in [-0.1, -0.05) is 0 Å². The van der Waals surface area contributed by atoms with Gasteiger partial charge in [0.25, 0.3) is 0 Å². The van der Waals surface area contributed by atoms with Gasteiger partial charge in [0.15, 0.2) is 0 Å². The Morgan fingerprint density at radius 2 is 2.55 bits per heavy atom. The number of nitrogens with zero attached hydrogens (tertiary/aromatic N) is 1.